The van der Waals surface area contributed by atoms with Crippen molar-refractivity contribution in [3.05, 3.63) is 30.1 Å². The van der Waals surface area contributed by atoms with Gasteiger partial charge in [0.1, 0.15) is 0 Å². The molecule has 1 heterocycles. The first-order valence-electron chi connectivity index (χ1n) is 6.38. The van der Waals surface area contributed by atoms with Gasteiger partial charge in [0.25, 0.3) is 0 Å². The second-order valence-electron chi connectivity index (χ2n) is 4.38. The van der Waals surface area contributed by atoms with Gasteiger partial charge >= 0.3 is 0 Å². The van der Waals surface area contributed by atoms with E-state index in [1.807, 2.05) is 23.1 Å². The lowest BCUT2D eigenvalue weighted by atomic mass is 10.0. The predicted molar refractivity (Wildman–Crippen MR) is 66.1 cm³/mol. The van der Waals surface area contributed by atoms with Crippen molar-refractivity contribution in [3.8, 4) is 0 Å². The van der Waals surface area contributed by atoms with E-state index >= 15 is 0 Å². The molecule has 1 aromatic heterocycles. The van der Waals surface area contributed by atoms with Gasteiger partial charge in [-0.15, -0.1) is 0 Å². The minimum atomic E-state index is 0.687. The highest BCUT2D eigenvalue weighted by atomic mass is 16.7. The van der Waals surface area contributed by atoms with E-state index in [1.54, 1.807) is 0 Å². The molecule has 2 heteroatoms. The number of aryl methyl sites for hydroxylation is 1. The van der Waals surface area contributed by atoms with Gasteiger partial charge in [0.05, 0.1) is 0 Å². The molecule has 1 aromatic rings. The zero-order valence-electron chi connectivity index (χ0n) is 10.8. The lowest BCUT2D eigenvalue weighted by Gasteiger charge is -2.11. The Morgan fingerprint density at radius 1 is 1.31 bits per heavy atom. The molecule has 0 amide bonds. The number of hydrogen-bond acceptors (Lipinski definition) is 1. The maximum Gasteiger partial charge on any atom is 0.231 e. The van der Waals surface area contributed by atoms with Gasteiger partial charge in [-0.3, -0.25) is 4.84 Å². The van der Waals surface area contributed by atoms with Crippen LogP contribution in [0.3, 0.4) is 0 Å². The third kappa shape index (κ3) is 4.21. The average molecular weight is 222 g/mol. The number of unbranched alkanes of at least 4 members (excludes halogenated alkanes) is 1. The van der Waals surface area contributed by atoms with Crippen LogP contribution in [0.25, 0.3) is 0 Å². The Hall–Kier alpha value is -1.05. The Morgan fingerprint density at radius 2 is 2.12 bits per heavy atom. The van der Waals surface area contributed by atoms with E-state index in [0.717, 1.165) is 12.3 Å². The van der Waals surface area contributed by atoms with Crippen LogP contribution in [0.4, 0.5) is 0 Å². The van der Waals surface area contributed by atoms with Crippen LogP contribution in [-0.2, 0) is 0 Å². The normalized spacial score (nSPS) is 12.4. The Kier molecular flexibility index (Phi) is 5.91. The summed E-state index contributed by atoms with van der Waals surface area (Å²) in [4.78, 5) is 5.80. The molecule has 0 saturated carbocycles. The summed E-state index contributed by atoms with van der Waals surface area (Å²) in [5.74, 6) is 0.687. The van der Waals surface area contributed by atoms with Gasteiger partial charge in [-0.1, -0.05) is 26.7 Å². The molecular formula is C14H24NO+. The lowest BCUT2D eigenvalue weighted by Crippen LogP contribution is -2.46. The zero-order chi connectivity index (χ0) is 11.8. The second-order valence-corrected chi connectivity index (χ2v) is 4.38. The number of nitrogens with zero attached hydrogens (tertiary/aromatic N) is 1. The summed E-state index contributed by atoms with van der Waals surface area (Å²) in [6.45, 7) is 7.37. The van der Waals surface area contributed by atoms with Gasteiger partial charge in [0.2, 0.25) is 11.9 Å². The van der Waals surface area contributed by atoms with E-state index in [0.29, 0.717) is 5.92 Å². The minimum Gasteiger partial charge on any atom is -0.271 e. The number of hydrogen-bond donors (Lipinski definition) is 0. The van der Waals surface area contributed by atoms with Gasteiger partial charge in [0, 0.05) is 23.8 Å². The summed E-state index contributed by atoms with van der Waals surface area (Å²) in [6.07, 6.45) is 7.03. The molecule has 90 valence electrons. The Morgan fingerprint density at radius 3 is 2.75 bits per heavy atom. The van der Waals surface area contributed by atoms with E-state index < -0.39 is 0 Å². The molecule has 16 heavy (non-hydrogen) atoms. The molecule has 0 radical (unpaired) electrons. The topological polar surface area (TPSA) is 13.1 Å². The fourth-order valence-electron chi connectivity index (χ4n) is 1.74. The van der Waals surface area contributed by atoms with Gasteiger partial charge in [-0.25, -0.2) is 0 Å². The zero-order valence-corrected chi connectivity index (χ0v) is 10.8. The van der Waals surface area contributed by atoms with Crippen molar-refractivity contribution in [2.24, 2.45) is 5.92 Å². The van der Waals surface area contributed by atoms with Crippen molar-refractivity contribution in [3.63, 3.8) is 0 Å². The molecule has 1 rings (SSSR count). The number of pyridine rings is 1. The fraction of sp³-hybridized carbons (Fsp3) is 0.643. The summed E-state index contributed by atoms with van der Waals surface area (Å²) in [5.41, 5.74) is 1.15. The molecule has 0 bridgehead atoms. The van der Waals surface area contributed by atoms with Crippen LogP contribution in [0.5, 0.6) is 0 Å². The SMILES string of the molecule is CCCCC(CC)CO[n+]1ccccc1C. The maximum atomic E-state index is 5.80. The van der Waals surface area contributed by atoms with Crippen molar-refractivity contribution in [1.82, 2.24) is 0 Å². The van der Waals surface area contributed by atoms with Gasteiger partial charge in [-0.2, -0.15) is 0 Å². The fourth-order valence-corrected chi connectivity index (χ4v) is 1.74. The highest BCUT2D eigenvalue weighted by Gasteiger charge is 2.11. The van der Waals surface area contributed by atoms with E-state index in [-0.39, 0.29) is 0 Å². The molecule has 0 aromatic carbocycles. The Balaban J connectivity index is 2.40. The molecule has 0 fully saturated rings. The first-order chi connectivity index (χ1) is 7.77. The summed E-state index contributed by atoms with van der Waals surface area (Å²) in [7, 11) is 0. The van der Waals surface area contributed by atoms with Crippen LogP contribution >= 0.6 is 0 Å². The van der Waals surface area contributed by atoms with Crippen LogP contribution in [0.1, 0.15) is 45.2 Å². The maximum absolute atomic E-state index is 5.80. The van der Waals surface area contributed by atoms with Crippen molar-refractivity contribution < 1.29 is 9.57 Å². The first-order valence-corrected chi connectivity index (χ1v) is 6.38. The van der Waals surface area contributed by atoms with Crippen LogP contribution in [0.2, 0.25) is 0 Å². The quantitative estimate of drug-likeness (QED) is 0.647. The van der Waals surface area contributed by atoms with Gasteiger partial charge in [-0.05, 0) is 24.8 Å². The Labute approximate surface area is 99.2 Å². The van der Waals surface area contributed by atoms with Gasteiger partial charge in [0.15, 0.2) is 6.61 Å². The summed E-state index contributed by atoms with van der Waals surface area (Å²) in [5, 5.41) is 0. The van der Waals surface area contributed by atoms with Crippen LogP contribution in [0.15, 0.2) is 24.4 Å². The molecule has 0 aliphatic carbocycles. The van der Waals surface area contributed by atoms with E-state index in [9.17, 15) is 0 Å². The summed E-state index contributed by atoms with van der Waals surface area (Å²) >= 11 is 0. The Bertz CT molecular complexity index is 299. The standard InChI is InChI=1S/C14H24NO/c1-4-6-10-14(5-2)12-16-15-11-8-7-9-13(15)3/h7-9,11,14H,4-6,10,12H2,1-3H3/q+1. The average Bonchev–Trinajstić information content (AvgIpc) is 2.31. The van der Waals surface area contributed by atoms with Crippen LogP contribution < -0.4 is 9.57 Å². The molecule has 2 nitrogen and oxygen atoms in total. The second kappa shape index (κ2) is 7.26. The summed E-state index contributed by atoms with van der Waals surface area (Å²) in [6, 6.07) is 6.09. The van der Waals surface area contributed by atoms with Crippen molar-refractivity contribution in [2.45, 2.75) is 46.5 Å². The van der Waals surface area contributed by atoms with Crippen molar-refractivity contribution >= 4 is 0 Å². The molecular weight excluding hydrogens is 198 g/mol. The van der Waals surface area contributed by atoms with Crippen LogP contribution in [0, 0.1) is 12.8 Å². The van der Waals surface area contributed by atoms with E-state index in [1.165, 1.54) is 25.7 Å². The van der Waals surface area contributed by atoms with Gasteiger partial charge < -0.3 is 0 Å². The number of aromatic nitrogens is 1. The monoisotopic (exact) mass is 222 g/mol. The highest BCUT2D eigenvalue weighted by Crippen LogP contribution is 2.11. The number of rotatable bonds is 7. The minimum absolute atomic E-state index is 0.687. The highest BCUT2D eigenvalue weighted by molar-refractivity contribution is 4.93. The first kappa shape index (κ1) is 13.0. The third-order valence-corrected chi connectivity index (χ3v) is 3.01. The van der Waals surface area contributed by atoms with Crippen molar-refractivity contribution in [2.75, 3.05) is 6.61 Å². The molecule has 0 N–H and O–H groups in total. The molecule has 0 aliphatic heterocycles. The molecule has 0 aliphatic rings. The smallest absolute Gasteiger partial charge is 0.231 e. The molecule has 0 saturated heterocycles. The largest absolute Gasteiger partial charge is 0.271 e. The van der Waals surface area contributed by atoms with E-state index in [2.05, 4.69) is 26.8 Å². The molecule has 1 atom stereocenters. The molecule has 0 spiro atoms. The van der Waals surface area contributed by atoms with Crippen molar-refractivity contribution in [1.29, 1.82) is 0 Å². The summed E-state index contributed by atoms with van der Waals surface area (Å²) < 4.78 is 1.87. The van der Waals surface area contributed by atoms with E-state index in [4.69, 9.17) is 4.84 Å². The predicted octanol–water partition coefficient (Wildman–Crippen LogP) is 2.93. The molecule has 1 unspecified atom stereocenters. The third-order valence-electron chi connectivity index (χ3n) is 3.01. The lowest BCUT2D eigenvalue weighted by molar-refractivity contribution is -0.896. The van der Waals surface area contributed by atoms with Crippen LogP contribution in [-0.4, -0.2) is 6.61 Å².